The molecule has 1 aromatic heterocycles. The van der Waals surface area contributed by atoms with E-state index in [4.69, 9.17) is 4.42 Å². The Kier molecular flexibility index (Phi) is 3.06. The van der Waals surface area contributed by atoms with Crippen LogP contribution in [0.5, 0.6) is 0 Å². The van der Waals surface area contributed by atoms with Gasteiger partial charge in [0.25, 0.3) is 0 Å². The molecular weight excluding hydrogens is 184 g/mol. The predicted octanol–water partition coefficient (Wildman–Crippen LogP) is 1.58. The minimum Gasteiger partial charge on any atom is -0.469 e. The Bertz CT molecular complexity index is 351. The highest BCUT2D eigenvalue weighted by Crippen LogP contribution is 2.15. The maximum Gasteiger partial charge on any atom is 0.316 e. The number of esters is 1. The molecule has 4 nitrogen and oxygen atoms in total. The van der Waals surface area contributed by atoms with Crippen LogP contribution in [0.2, 0.25) is 0 Å². The number of aryl methyl sites for hydroxylation is 1. The molecule has 0 N–H and O–H groups in total. The first-order valence-corrected chi connectivity index (χ1v) is 4.24. The zero-order chi connectivity index (χ0) is 10.7. The molecular formula is C10H12O4. The van der Waals surface area contributed by atoms with Gasteiger partial charge in [0.15, 0.2) is 5.78 Å². The van der Waals surface area contributed by atoms with Crippen LogP contribution in [0.4, 0.5) is 0 Å². The average Bonchev–Trinajstić information content (AvgIpc) is 2.61. The smallest absolute Gasteiger partial charge is 0.316 e. The van der Waals surface area contributed by atoms with Crippen LogP contribution in [0.1, 0.15) is 23.0 Å². The lowest BCUT2D eigenvalue weighted by Gasteiger charge is -2.06. The fourth-order valence-corrected chi connectivity index (χ4v) is 1.16. The van der Waals surface area contributed by atoms with Crippen molar-refractivity contribution in [3.05, 3.63) is 23.7 Å². The van der Waals surface area contributed by atoms with Gasteiger partial charge in [-0.1, -0.05) is 0 Å². The second-order valence-corrected chi connectivity index (χ2v) is 3.00. The van der Waals surface area contributed by atoms with Gasteiger partial charge < -0.3 is 9.15 Å². The molecule has 0 bridgehead atoms. The number of ether oxygens (including phenoxy) is 1. The summed E-state index contributed by atoms with van der Waals surface area (Å²) in [5.74, 6) is -1.07. The summed E-state index contributed by atoms with van der Waals surface area (Å²) in [5, 5.41) is 0. The Morgan fingerprint density at radius 2 is 2.14 bits per heavy atom. The minimum atomic E-state index is -0.781. The van der Waals surface area contributed by atoms with Gasteiger partial charge in [0.05, 0.1) is 18.9 Å². The van der Waals surface area contributed by atoms with Gasteiger partial charge in [0, 0.05) is 0 Å². The second-order valence-electron chi connectivity index (χ2n) is 3.00. The zero-order valence-electron chi connectivity index (χ0n) is 8.37. The van der Waals surface area contributed by atoms with E-state index in [0.717, 1.165) is 0 Å². The number of rotatable bonds is 3. The number of carbonyl (C=O) groups is 2. The lowest BCUT2D eigenvalue weighted by Crippen LogP contribution is -2.22. The predicted molar refractivity (Wildman–Crippen MR) is 49.0 cm³/mol. The SMILES string of the molecule is COC(=O)C(C)C(=O)c1ccoc1C. The van der Waals surface area contributed by atoms with E-state index in [0.29, 0.717) is 11.3 Å². The van der Waals surface area contributed by atoms with E-state index in [2.05, 4.69) is 4.74 Å². The maximum absolute atomic E-state index is 11.7. The third-order valence-corrected chi connectivity index (χ3v) is 2.07. The van der Waals surface area contributed by atoms with Crippen molar-refractivity contribution in [3.8, 4) is 0 Å². The van der Waals surface area contributed by atoms with Crippen LogP contribution in [0.15, 0.2) is 16.7 Å². The molecule has 1 atom stereocenters. The fourth-order valence-electron chi connectivity index (χ4n) is 1.16. The topological polar surface area (TPSA) is 56.5 Å². The molecule has 0 saturated heterocycles. The van der Waals surface area contributed by atoms with Crippen molar-refractivity contribution in [3.63, 3.8) is 0 Å². The Morgan fingerprint density at radius 3 is 2.57 bits per heavy atom. The fraction of sp³-hybridized carbons (Fsp3) is 0.400. The molecule has 14 heavy (non-hydrogen) atoms. The van der Waals surface area contributed by atoms with Gasteiger partial charge in [0.2, 0.25) is 0 Å². The van der Waals surface area contributed by atoms with Gasteiger partial charge in [-0.15, -0.1) is 0 Å². The average molecular weight is 196 g/mol. The van der Waals surface area contributed by atoms with E-state index in [9.17, 15) is 9.59 Å². The Morgan fingerprint density at radius 1 is 1.50 bits per heavy atom. The largest absolute Gasteiger partial charge is 0.469 e. The van der Waals surface area contributed by atoms with Crippen LogP contribution >= 0.6 is 0 Å². The normalized spacial score (nSPS) is 12.2. The molecule has 1 rings (SSSR count). The lowest BCUT2D eigenvalue weighted by atomic mass is 10.0. The molecule has 0 spiro atoms. The van der Waals surface area contributed by atoms with E-state index in [1.807, 2.05) is 0 Å². The van der Waals surface area contributed by atoms with Crippen molar-refractivity contribution in [1.29, 1.82) is 0 Å². The highest BCUT2D eigenvalue weighted by molar-refractivity contribution is 6.08. The quantitative estimate of drug-likeness (QED) is 0.418. The van der Waals surface area contributed by atoms with Crippen LogP contribution < -0.4 is 0 Å². The molecule has 76 valence electrons. The lowest BCUT2D eigenvalue weighted by molar-refractivity contribution is -0.143. The van der Waals surface area contributed by atoms with Crippen molar-refractivity contribution >= 4 is 11.8 Å². The molecule has 1 heterocycles. The van der Waals surface area contributed by atoms with Gasteiger partial charge in [-0.3, -0.25) is 9.59 Å². The van der Waals surface area contributed by atoms with Gasteiger partial charge in [0.1, 0.15) is 11.7 Å². The summed E-state index contributed by atoms with van der Waals surface area (Å²) in [5.41, 5.74) is 0.433. The van der Waals surface area contributed by atoms with E-state index in [-0.39, 0.29) is 5.78 Å². The van der Waals surface area contributed by atoms with Crippen LogP contribution in [-0.2, 0) is 9.53 Å². The summed E-state index contributed by atoms with van der Waals surface area (Å²) in [6.07, 6.45) is 1.42. The van der Waals surface area contributed by atoms with Crippen molar-refractivity contribution in [2.75, 3.05) is 7.11 Å². The van der Waals surface area contributed by atoms with Crippen LogP contribution in [-0.4, -0.2) is 18.9 Å². The second kappa shape index (κ2) is 4.09. The van der Waals surface area contributed by atoms with Crippen LogP contribution in [0.3, 0.4) is 0 Å². The maximum atomic E-state index is 11.7. The number of methoxy groups -OCH3 is 1. The molecule has 4 heteroatoms. The Hall–Kier alpha value is -1.58. The first-order chi connectivity index (χ1) is 6.57. The summed E-state index contributed by atoms with van der Waals surface area (Å²) < 4.78 is 9.46. The number of carbonyl (C=O) groups excluding carboxylic acids is 2. The Labute approximate surface area is 81.9 Å². The molecule has 0 fully saturated rings. The van der Waals surface area contributed by atoms with Crippen LogP contribution in [0.25, 0.3) is 0 Å². The molecule has 0 aromatic carbocycles. The molecule has 0 aliphatic carbocycles. The third kappa shape index (κ3) is 1.84. The monoisotopic (exact) mass is 196 g/mol. The number of hydrogen-bond donors (Lipinski definition) is 0. The molecule has 0 saturated carbocycles. The molecule has 0 radical (unpaired) electrons. The van der Waals surface area contributed by atoms with E-state index < -0.39 is 11.9 Å². The summed E-state index contributed by atoms with van der Waals surface area (Å²) in [6.45, 7) is 3.19. The van der Waals surface area contributed by atoms with Crippen molar-refractivity contribution in [2.45, 2.75) is 13.8 Å². The van der Waals surface area contributed by atoms with E-state index >= 15 is 0 Å². The highest BCUT2D eigenvalue weighted by Gasteiger charge is 2.25. The third-order valence-electron chi connectivity index (χ3n) is 2.07. The standard InChI is InChI=1S/C10H12O4/c1-6(10(12)13-3)9(11)8-4-5-14-7(8)2/h4-6H,1-3H3. The van der Waals surface area contributed by atoms with Crippen molar-refractivity contribution in [2.24, 2.45) is 5.92 Å². The molecule has 0 aliphatic rings. The highest BCUT2D eigenvalue weighted by atomic mass is 16.5. The summed E-state index contributed by atoms with van der Waals surface area (Å²) in [4.78, 5) is 22.8. The number of ketones is 1. The number of hydrogen-bond acceptors (Lipinski definition) is 4. The van der Waals surface area contributed by atoms with Gasteiger partial charge in [-0.25, -0.2) is 0 Å². The van der Waals surface area contributed by atoms with E-state index in [1.54, 1.807) is 13.0 Å². The van der Waals surface area contributed by atoms with Crippen molar-refractivity contribution < 1.29 is 18.7 Å². The molecule has 1 unspecified atom stereocenters. The number of furan rings is 1. The van der Waals surface area contributed by atoms with Crippen LogP contribution in [0, 0.1) is 12.8 Å². The minimum absolute atomic E-state index is 0.275. The first-order valence-electron chi connectivity index (χ1n) is 4.24. The Balaban J connectivity index is 2.86. The summed E-state index contributed by atoms with van der Waals surface area (Å²) in [7, 11) is 1.26. The molecule has 0 amide bonds. The molecule has 1 aromatic rings. The zero-order valence-corrected chi connectivity index (χ0v) is 8.37. The number of Topliss-reactive ketones (excluding diaryl/α,β-unsaturated/α-hetero) is 1. The van der Waals surface area contributed by atoms with E-state index in [1.165, 1.54) is 20.3 Å². The summed E-state index contributed by atoms with van der Waals surface area (Å²) >= 11 is 0. The van der Waals surface area contributed by atoms with Gasteiger partial charge >= 0.3 is 5.97 Å². The first kappa shape index (κ1) is 10.5. The van der Waals surface area contributed by atoms with Gasteiger partial charge in [-0.2, -0.15) is 0 Å². The van der Waals surface area contributed by atoms with Gasteiger partial charge in [-0.05, 0) is 19.9 Å². The summed E-state index contributed by atoms with van der Waals surface area (Å²) in [6, 6.07) is 1.55. The molecule has 0 aliphatic heterocycles. The van der Waals surface area contributed by atoms with Crippen molar-refractivity contribution in [1.82, 2.24) is 0 Å².